The van der Waals surface area contributed by atoms with Gasteiger partial charge in [-0.1, -0.05) is 73.6 Å². The maximum absolute atomic E-state index is 13.6. The first-order valence-electron chi connectivity index (χ1n) is 11.3. The highest BCUT2D eigenvalue weighted by Crippen LogP contribution is 2.33. The van der Waals surface area contributed by atoms with Crippen molar-refractivity contribution in [2.24, 2.45) is 0 Å². The van der Waals surface area contributed by atoms with Crippen LogP contribution in [0.5, 0.6) is 0 Å². The van der Waals surface area contributed by atoms with Gasteiger partial charge in [0, 0.05) is 5.56 Å². The van der Waals surface area contributed by atoms with Crippen molar-refractivity contribution >= 4 is 17.0 Å². The Morgan fingerprint density at radius 3 is 2.32 bits per heavy atom. The molecule has 2 aromatic carbocycles. The smallest absolute Gasteiger partial charge is 0.259 e. The SMILES string of the molecule is CC(C)c1ccc([C@@H](C)NC(=O)c2cc(-c3ccco3)nc3onc(-c4ccccc4)c23)cc1. The van der Waals surface area contributed by atoms with Crippen molar-refractivity contribution < 1.29 is 13.7 Å². The molecule has 3 heterocycles. The van der Waals surface area contributed by atoms with Crippen LogP contribution in [0.15, 0.2) is 88.0 Å². The number of furan rings is 1. The molecule has 170 valence electrons. The number of aromatic nitrogens is 2. The number of carbonyl (C=O) groups is 1. The molecule has 1 N–H and O–H groups in total. The molecule has 1 amide bonds. The number of rotatable bonds is 6. The van der Waals surface area contributed by atoms with E-state index >= 15 is 0 Å². The quantitative estimate of drug-likeness (QED) is 0.308. The average Bonchev–Trinajstić information content (AvgIpc) is 3.54. The predicted octanol–water partition coefficient (Wildman–Crippen LogP) is 6.76. The third-order valence-electron chi connectivity index (χ3n) is 5.96. The van der Waals surface area contributed by atoms with Crippen molar-refractivity contribution in [3.63, 3.8) is 0 Å². The maximum atomic E-state index is 13.6. The molecular weight excluding hydrogens is 426 g/mol. The van der Waals surface area contributed by atoms with Crippen LogP contribution in [0, 0.1) is 0 Å². The summed E-state index contributed by atoms with van der Waals surface area (Å²) < 4.78 is 11.1. The number of carbonyl (C=O) groups excluding carboxylic acids is 1. The Balaban J connectivity index is 1.56. The van der Waals surface area contributed by atoms with Crippen LogP contribution in [0.1, 0.15) is 54.2 Å². The molecular formula is C28H25N3O3. The molecule has 0 aliphatic carbocycles. The lowest BCUT2D eigenvalue weighted by atomic mass is 9.99. The summed E-state index contributed by atoms with van der Waals surface area (Å²) in [5.74, 6) is 0.765. The first-order valence-corrected chi connectivity index (χ1v) is 11.3. The Bertz CT molecular complexity index is 1420. The third-order valence-corrected chi connectivity index (χ3v) is 5.96. The van der Waals surface area contributed by atoms with Crippen molar-refractivity contribution in [3.05, 3.63) is 95.7 Å². The normalized spacial score (nSPS) is 12.2. The molecule has 0 unspecified atom stereocenters. The van der Waals surface area contributed by atoms with Crippen LogP contribution in [0.2, 0.25) is 0 Å². The molecule has 0 radical (unpaired) electrons. The standard InChI is InChI=1S/C28H25N3O3/c1-17(2)19-11-13-20(14-12-19)18(3)29-27(32)22-16-23(24-10-7-15-33-24)30-28-25(22)26(31-34-28)21-8-5-4-6-9-21/h4-18H,1-3H3,(H,29,32)/t18-/m1/s1. The summed E-state index contributed by atoms with van der Waals surface area (Å²) in [5, 5.41) is 7.94. The molecule has 0 spiro atoms. The van der Waals surface area contributed by atoms with Gasteiger partial charge >= 0.3 is 0 Å². The van der Waals surface area contributed by atoms with Crippen LogP contribution in [-0.2, 0) is 0 Å². The van der Waals surface area contributed by atoms with Gasteiger partial charge in [-0.3, -0.25) is 4.79 Å². The molecule has 0 saturated heterocycles. The van der Waals surface area contributed by atoms with Crippen LogP contribution in [0.25, 0.3) is 33.8 Å². The molecule has 1 atom stereocenters. The lowest BCUT2D eigenvalue weighted by Crippen LogP contribution is -2.27. The van der Waals surface area contributed by atoms with E-state index in [1.165, 1.54) is 5.56 Å². The fourth-order valence-corrected chi connectivity index (χ4v) is 4.00. The molecule has 3 aromatic heterocycles. The molecule has 0 aliphatic heterocycles. The van der Waals surface area contributed by atoms with Gasteiger partial charge in [0.1, 0.15) is 11.4 Å². The minimum atomic E-state index is -0.235. The molecule has 0 aliphatic rings. The maximum Gasteiger partial charge on any atom is 0.259 e. The minimum absolute atomic E-state index is 0.191. The Morgan fingerprint density at radius 1 is 0.912 bits per heavy atom. The van der Waals surface area contributed by atoms with Gasteiger partial charge in [0.25, 0.3) is 11.6 Å². The van der Waals surface area contributed by atoms with E-state index in [1.807, 2.05) is 37.3 Å². The van der Waals surface area contributed by atoms with E-state index in [0.717, 1.165) is 11.1 Å². The van der Waals surface area contributed by atoms with Crippen LogP contribution in [0.3, 0.4) is 0 Å². The Hall–Kier alpha value is -4.19. The van der Waals surface area contributed by atoms with E-state index in [2.05, 4.69) is 53.6 Å². The number of amides is 1. The Morgan fingerprint density at radius 2 is 1.65 bits per heavy atom. The van der Waals surface area contributed by atoms with Gasteiger partial charge in [-0.05, 0) is 42.2 Å². The summed E-state index contributed by atoms with van der Waals surface area (Å²) in [5.41, 5.74) is 4.94. The van der Waals surface area contributed by atoms with E-state index in [9.17, 15) is 4.79 Å². The molecule has 6 nitrogen and oxygen atoms in total. The minimum Gasteiger partial charge on any atom is -0.463 e. The molecule has 0 fully saturated rings. The van der Waals surface area contributed by atoms with Crippen LogP contribution in [0.4, 0.5) is 0 Å². The lowest BCUT2D eigenvalue weighted by Gasteiger charge is -2.16. The molecule has 0 saturated carbocycles. The third kappa shape index (κ3) is 4.10. The molecule has 34 heavy (non-hydrogen) atoms. The zero-order valence-electron chi connectivity index (χ0n) is 19.3. The second-order valence-electron chi connectivity index (χ2n) is 8.63. The van der Waals surface area contributed by atoms with E-state index in [-0.39, 0.29) is 17.7 Å². The van der Waals surface area contributed by atoms with Crippen molar-refractivity contribution in [2.45, 2.75) is 32.7 Å². The number of nitrogens with one attached hydrogen (secondary N) is 1. The highest BCUT2D eigenvalue weighted by molar-refractivity contribution is 6.10. The van der Waals surface area contributed by atoms with Gasteiger partial charge in [-0.25, -0.2) is 4.98 Å². The summed E-state index contributed by atoms with van der Waals surface area (Å²) >= 11 is 0. The van der Waals surface area contributed by atoms with Gasteiger partial charge in [-0.15, -0.1) is 0 Å². The largest absolute Gasteiger partial charge is 0.463 e. The second kappa shape index (κ2) is 8.98. The van der Waals surface area contributed by atoms with E-state index < -0.39 is 0 Å². The number of hydrogen-bond donors (Lipinski definition) is 1. The van der Waals surface area contributed by atoms with Crippen LogP contribution >= 0.6 is 0 Å². The summed E-state index contributed by atoms with van der Waals surface area (Å²) in [7, 11) is 0. The Labute approximate surface area is 197 Å². The Kier molecular flexibility index (Phi) is 5.72. The van der Waals surface area contributed by atoms with Crippen molar-refractivity contribution in [3.8, 4) is 22.7 Å². The van der Waals surface area contributed by atoms with Crippen LogP contribution < -0.4 is 5.32 Å². The van der Waals surface area contributed by atoms with Gasteiger partial charge in [0.2, 0.25) is 0 Å². The predicted molar refractivity (Wildman–Crippen MR) is 131 cm³/mol. The highest BCUT2D eigenvalue weighted by atomic mass is 16.5. The summed E-state index contributed by atoms with van der Waals surface area (Å²) in [6.07, 6.45) is 1.57. The molecule has 5 rings (SSSR count). The second-order valence-corrected chi connectivity index (χ2v) is 8.63. The van der Waals surface area contributed by atoms with E-state index in [1.54, 1.807) is 24.5 Å². The number of hydrogen-bond acceptors (Lipinski definition) is 5. The van der Waals surface area contributed by atoms with Crippen LogP contribution in [-0.4, -0.2) is 16.0 Å². The molecule has 5 aromatic rings. The fourth-order valence-electron chi connectivity index (χ4n) is 4.00. The number of fused-ring (bicyclic) bond motifs is 1. The van der Waals surface area contributed by atoms with E-state index in [4.69, 9.17) is 8.94 Å². The monoisotopic (exact) mass is 451 g/mol. The number of nitrogens with zero attached hydrogens (tertiary/aromatic N) is 2. The van der Waals surface area contributed by atoms with Gasteiger partial charge < -0.3 is 14.3 Å². The zero-order chi connectivity index (χ0) is 23.7. The van der Waals surface area contributed by atoms with Gasteiger partial charge in [-0.2, -0.15) is 0 Å². The fraction of sp³-hybridized carbons (Fsp3) is 0.179. The molecule has 6 heteroatoms. The first-order chi connectivity index (χ1) is 16.5. The topological polar surface area (TPSA) is 81.2 Å². The number of pyridine rings is 1. The zero-order valence-corrected chi connectivity index (χ0v) is 19.3. The van der Waals surface area contributed by atoms with E-state index in [0.29, 0.717) is 34.0 Å². The van der Waals surface area contributed by atoms with Crippen molar-refractivity contribution in [1.29, 1.82) is 0 Å². The summed E-state index contributed by atoms with van der Waals surface area (Å²) in [6.45, 7) is 6.30. The summed E-state index contributed by atoms with van der Waals surface area (Å²) in [4.78, 5) is 18.1. The summed E-state index contributed by atoms with van der Waals surface area (Å²) in [6, 6.07) is 23.1. The van der Waals surface area contributed by atoms with Crippen molar-refractivity contribution in [2.75, 3.05) is 0 Å². The molecule has 0 bridgehead atoms. The highest BCUT2D eigenvalue weighted by Gasteiger charge is 2.23. The lowest BCUT2D eigenvalue weighted by molar-refractivity contribution is 0.0941. The number of benzene rings is 2. The van der Waals surface area contributed by atoms with Crippen molar-refractivity contribution in [1.82, 2.24) is 15.5 Å². The van der Waals surface area contributed by atoms with Gasteiger partial charge in [0.15, 0.2) is 5.76 Å². The first kappa shape index (κ1) is 21.6. The average molecular weight is 452 g/mol. The van der Waals surface area contributed by atoms with Gasteiger partial charge in [0.05, 0.1) is 23.3 Å².